The average Bonchev–Trinajstić information content (AvgIpc) is 2.61. The molecule has 0 atom stereocenters. The summed E-state index contributed by atoms with van der Waals surface area (Å²) in [7, 11) is 0. The van der Waals surface area contributed by atoms with E-state index in [4.69, 9.17) is 4.74 Å². The van der Waals surface area contributed by atoms with E-state index in [2.05, 4.69) is 15.1 Å². The second-order valence-electron chi connectivity index (χ2n) is 2.69. The lowest BCUT2D eigenvalue weighted by Gasteiger charge is -2.09. The monoisotopic (exact) mass is 174 g/mol. The van der Waals surface area contributed by atoms with Crippen LogP contribution >= 0.6 is 0 Å². The SMILES string of the molecule is C1=Nc2nc3ccnn3cc2OC1. The third-order valence-electron chi connectivity index (χ3n) is 1.86. The minimum atomic E-state index is 0.501. The van der Waals surface area contributed by atoms with Crippen molar-refractivity contribution in [3.8, 4) is 5.75 Å². The molecular weight excluding hydrogens is 168 g/mol. The van der Waals surface area contributed by atoms with Gasteiger partial charge in [0, 0.05) is 12.3 Å². The Labute approximate surface area is 73.7 Å². The van der Waals surface area contributed by atoms with Gasteiger partial charge in [-0.2, -0.15) is 5.10 Å². The lowest BCUT2D eigenvalue weighted by atomic mass is 10.5. The Balaban J connectivity index is 2.36. The third-order valence-corrected chi connectivity index (χ3v) is 1.86. The lowest BCUT2D eigenvalue weighted by molar-refractivity contribution is 0.372. The molecule has 2 aromatic heterocycles. The Kier molecular flexibility index (Phi) is 1.16. The predicted molar refractivity (Wildman–Crippen MR) is 46.6 cm³/mol. The van der Waals surface area contributed by atoms with Crippen molar-refractivity contribution in [1.82, 2.24) is 14.6 Å². The highest BCUT2D eigenvalue weighted by atomic mass is 16.5. The maximum atomic E-state index is 5.33. The molecule has 0 amide bonds. The third kappa shape index (κ3) is 0.900. The van der Waals surface area contributed by atoms with Crippen LogP contribution in [0, 0.1) is 0 Å². The zero-order valence-electron chi connectivity index (χ0n) is 6.71. The maximum absolute atomic E-state index is 5.33. The molecule has 0 unspecified atom stereocenters. The van der Waals surface area contributed by atoms with Crippen LogP contribution in [0.25, 0.3) is 5.65 Å². The molecule has 3 heterocycles. The molecule has 3 rings (SSSR count). The van der Waals surface area contributed by atoms with E-state index in [9.17, 15) is 0 Å². The molecule has 2 aromatic rings. The van der Waals surface area contributed by atoms with Gasteiger partial charge in [0.25, 0.3) is 0 Å². The standard InChI is InChI=1S/C8H6N4O/c1-2-10-12-5-6-8(11-7(1)12)9-3-4-13-6/h1-3,5H,4H2. The van der Waals surface area contributed by atoms with E-state index in [0.717, 1.165) is 5.65 Å². The molecule has 0 bridgehead atoms. The van der Waals surface area contributed by atoms with Crippen LogP contribution in [0.4, 0.5) is 5.82 Å². The van der Waals surface area contributed by atoms with Crippen molar-refractivity contribution in [2.75, 3.05) is 6.61 Å². The number of hydrogen-bond acceptors (Lipinski definition) is 4. The smallest absolute Gasteiger partial charge is 0.198 e. The van der Waals surface area contributed by atoms with Gasteiger partial charge in [-0.3, -0.25) is 0 Å². The molecular formula is C8H6N4O. The van der Waals surface area contributed by atoms with Gasteiger partial charge in [0.15, 0.2) is 17.2 Å². The van der Waals surface area contributed by atoms with Gasteiger partial charge in [-0.05, 0) is 0 Å². The van der Waals surface area contributed by atoms with Crippen molar-refractivity contribution in [3.05, 3.63) is 18.5 Å². The highest BCUT2D eigenvalue weighted by molar-refractivity contribution is 5.69. The van der Waals surface area contributed by atoms with Crippen LogP contribution < -0.4 is 4.74 Å². The minimum absolute atomic E-state index is 0.501. The second kappa shape index (κ2) is 2.29. The predicted octanol–water partition coefficient (Wildman–Crippen LogP) is 0.824. The number of rotatable bonds is 0. The summed E-state index contributed by atoms with van der Waals surface area (Å²) >= 11 is 0. The van der Waals surface area contributed by atoms with Crippen LogP contribution in [0.5, 0.6) is 5.75 Å². The van der Waals surface area contributed by atoms with Gasteiger partial charge < -0.3 is 4.74 Å². The molecule has 0 radical (unpaired) electrons. The quantitative estimate of drug-likeness (QED) is 0.594. The molecule has 0 fully saturated rings. The van der Waals surface area contributed by atoms with Gasteiger partial charge in [0.1, 0.15) is 6.61 Å². The molecule has 5 nitrogen and oxygen atoms in total. The summed E-state index contributed by atoms with van der Waals surface area (Å²) in [5.41, 5.74) is 0.779. The number of aromatic nitrogens is 3. The molecule has 1 aliphatic heterocycles. The van der Waals surface area contributed by atoms with Crippen LogP contribution in [0.2, 0.25) is 0 Å². The van der Waals surface area contributed by atoms with Crippen molar-refractivity contribution in [3.63, 3.8) is 0 Å². The fourth-order valence-corrected chi connectivity index (χ4v) is 1.27. The molecule has 64 valence electrons. The van der Waals surface area contributed by atoms with Crippen LogP contribution in [-0.4, -0.2) is 27.4 Å². The van der Waals surface area contributed by atoms with Crippen molar-refractivity contribution >= 4 is 17.7 Å². The minimum Gasteiger partial charge on any atom is -0.482 e. The summed E-state index contributed by atoms with van der Waals surface area (Å²) in [6.45, 7) is 0.501. The van der Waals surface area contributed by atoms with Gasteiger partial charge >= 0.3 is 0 Å². The molecule has 0 N–H and O–H groups in total. The summed E-state index contributed by atoms with van der Waals surface area (Å²) in [6, 6.07) is 1.82. The first-order valence-electron chi connectivity index (χ1n) is 3.93. The molecule has 0 saturated heterocycles. The van der Waals surface area contributed by atoms with Crippen LogP contribution in [0.15, 0.2) is 23.5 Å². The van der Waals surface area contributed by atoms with Crippen molar-refractivity contribution < 1.29 is 4.74 Å². The van der Waals surface area contributed by atoms with E-state index in [1.165, 1.54) is 0 Å². The van der Waals surface area contributed by atoms with Gasteiger partial charge in [-0.15, -0.1) is 0 Å². The van der Waals surface area contributed by atoms with E-state index in [0.29, 0.717) is 18.2 Å². The Morgan fingerprint density at radius 3 is 3.46 bits per heavy atom. The average molecular weight is 174 g/mol. The van der Waals surface area contributed by atoms with Crippen LogP contribution in [0.1, 0.15) is 0 Å². The van der Waals surface area contributed by atoms with Crippen molar-refractivity contribution in [2.45, 2.75) is 0 Å². The Hall–Kier alpha value is -1.91. The summed E-state index contributed by atoms with van der Waals surface area (Å²) in [5, 5.41) is 4.05. The van der Waals surface area contributed by atoms with E-state index in [1.807, 2.05) is 6.07 Å². The lowest BCUT2D eigenvalue weighted by Crippen LogP contribution is -2.05. The molecule has 1 aliphatic rings. The molecule has 5 heteroatoms. The fraction of sp³-hybridized carbons (Fsp3) is 0.125. The normalized spacial score (nSPS) is 14.2. The summed E-state index contributed by atoms with van der Waals surface area (Å²) in [5.74, 6) is 1.30. The van der Waals surface area contributed by atoms with Gasteiger partial charge in [-0.25, -0.2) is 14.5 Å². The highest BCUT2D eigenvalue weighted by Gasteiger charge is 2.09. The molecule has 0 spiro atoms. The van der Waals surface area contributed by atoms with Crippen molar-refractivity contribution in [2.24, 2.45) is 4.99 Å². The number of ether oxygens (including phenoxy) is 1. The number of fused-ring (bicyclic) bond motifs is 2. The first kappa shape index (κ1) is 6.59. The van der Waals surface area contributed by atoms with Crippen molar-refractivity contribution in [1.29, 1.82) is 0 Å². The van der Waals surface area contributed by atoms with Crippen LogP contribution in [0.3, 0.4) is 0 Å². The molecule has 0 saturated carbocycles. The zero-order chi connectivity index (χ0) is 8.67. The number of nitrogens with zero attached hydrogens (tertiary/aromatic N) is 4. The zero-order valence-corrected chi connectivity index (χ0v) is 6.71. The number of hydrogen-bond donors (Lipinski definition) is 0. The van der Waals surface area contributed by atoms with E-state index >= 15 is 0 Å². The Morgan fingerprint density at radius 1 is 1.46 bits per heavy atom. The Morgan fingerprint density at radius 2 is 2.46 bits per heavy atom. The molecule has 13 heavy (non-hydrogen) atoms. The summed E-state index contributed by atoms with van der Waals surface area (Å²) in [4.78, 5) is 8.37. The van der Waals surface area contributed by atoms with Crippen LogP contribution in [-0.2, 0) is 0 Å². The second-order valence-corrected chi connectivity index (χ2v) is 2.69. The summed E-state index contributed by atoms with van der Waals surface area (Å²) < 4.78 is 6.99. The first-order chi connectivity index (χ1) is 6.43. The van der Waals surface area contributed by atoms with E-state index in [1.54, 1.807) is 23.1 Å². The van der Waals surface area contributed by atoms with Gasteiger partial charge in [-0.1, -0.05) is 0 Å². The largest absolute Gasteiger partial charge is 0.482 e. The molecule has 0 aromatic carbocycles. The van der Waals surface area contributed by atoms with Gasteiger partial charge in [0.2, 0.25) is 0 Å². The number of aliphatic imine (C=N–C) groups is 1. The Bertz CT molecular complexity index is 488. The highest BCUT2D eigenvalue weighted by Crippen LogP contribution is 2.26. The first-order valence-corrected chi connectivity index (χ1v) is 3.93. The fourth-order valence-electron chi connectivity index (χ4n) is 1.27. The maximum Gasteiger partial charge on any atom is 0.198 e. The van der Waals surface area contributed by atoms with E-state index < -0.39 is 0 Å². The van der Waals surface area contributed by atoms with E-state index in [-0.39, 0.29) is 0 Å². The van der Waals surface area contributed by atoms with Gasteiger partial charge in [0.05, 0.1) is 12.4 Å². The topological polar surface area (TPSA) is 51.8 Å². The summed E-state index contributed by atoms with van der Waals surface area (Å²) in [6.07, 6.45) is 5.17. The molecule has 0 aliphatic carbocycles.